The van der Waals surface area contributed by atoms with Gasteiger partial charge in [0.2, 0.25) is 5.91 Å². The van der Waals surface area contributed by atoms with Crippen LogP contribution in [0.5, 0.6) is 5.75 Å². The summed E-state index contributed by atoms with van der Waals surface area (Å²) in [5.41, 5.74) is 2.88. The number of benzene rings is 2. The smallest absolute Gasteiger partial charge is 0.223 e. The maximum atomic E-state index is 12.7. The summed E-state index contributed by atoms with van der Waals surface area (Å²) in [4.78, 5) is 19.5. The van der Waals surface area contributed by atoms with Crippen molar-refractivity contribution in [1.29, 1.82) is 0 Å². The van der Waals surface area contributed by atoms with Gasteiger partial charge in [0.05, 0.1) is 17.6 Å². The lowest BCUT2D eigenvalue weighted by atomic mass is 10.1. The number of para-hydroxylation sites is 2. The third-order valence-corrected chi connectivity index (χ3v) is 6.15. The largest absolute Gasteiger partial charge is 0.491 e. The van der Waals surface area contributed by atoms with Crippen LogP contribution in [0.4, 0.5) is 0 Å². The molecule has 0 saturated carbocycles. The number of carbonyl (C=O) groups is 1. The average molecular weight is 436 g/mol. The predicted octanol–water partition coefficient (Wildman–Crippen LogP) is 4.15. The lowest BCUT2D eigenvalue weighted by Gasteiger charge is -2.32. The van der Waals surface area contributed by atoms with Crippen molar-refractivity contribution in [3.63, 3.8) is 0 Å². The number of nitrogens with zero attached hydrogens (tertiary/aromatic N) is 3. The Labute approximate surface area is 189 Å². The molecule has 1 saturated heterocycles. The van der Waals surface area contributed by atoms with Crippen LogP contribution < -0.4 is 4.74 Å². The van der Waals surface area contributed by atoms with Crippen LogP contribution in [0.25, 0.3) is 11.0 Å². The number of aliphatic hydroxyl groups is 1. The summed E-state index contributed by atoms with van der Waals surface area (Å²) < 4.78 is 7.89. The second-order valence-corrected chi connectivity index (χ2v) is 9.61. The van der Waals surface area contributed by atoms with E-state index in [1.165, 1.54) is 5.56 Å². The fourth-order valence-electron chi connectivity index (χ4n) is 4.40. The zero-order valence-electron chi connectivity index (χ0n) is 19.4. The summed E-state index contributed by atoms with van der Waals surface area (Å²) in [5.74, 6) is 1.76. The molecule has 6 nitrogen and oxygen atoms in total. The van der Waals surface area contributed by atoms with Crippen molar-refractivity contribution in [1.82, 2.24) is 14.5 Å². The Bertz CT molecular complexity index is 1080. The van der Waals surface area contributed by atoms with E-state index in [-0.39, 0.29) is 24.0 Å². The number of hydrogen-bond acceptors (Lipinski definition) is 4. The van der Waals surface area contributed by atoms with E-state index in [1.54, 1.807) is 0 Å². The summed E-state index contributed by atoms with van der Waals surface area (Å²) in [6.07, 6.45) is 0.722. The van der Waals surface area contributed by atoms with E-state index in [2.05, 4.69) is 32.3 Å². The molecule has 0 aliphatic carbocycles. The van der Waals surface area contributed by atoms with Crippen molar-refractivity contribution in [2.45, 2.75) is 64.6 Å². The summed E-state index contributed by atoms with van der Waals surface area (Å²) >= 11 is 0. The molecule has 3 aromatic rings. The molecule has 170 valence electrons. The number of fused-ring (bicyclic) bond motifs is 1. The van der Waals surface area contributed by atoms with Gasteiger partial charge in [0.15, 0.2) is 0 Å². The molecule has 0 spiro atoms. The maximum Gasteiger partial charge on any atom is 0.223 e. The first-order valence-corrected chi connectivity index (χ1v) is 11.4. The predicted molar refractivity (Wildman–Crippen MR) is 126 cm³/mol. The molecule has 2 heterocycles. The summed E-state index contributed by atoms with van der Waals surface area (Å²) in [5, 5.41) is 10.8. The van der Waals surface area contributed by atoms with Gasteiger partial charge in [-0.1, -0.05) is 31.2 Å². The topological polar surface area (TPSA) is 67.6 Å². The van der Waals surface area contributed by atoms with Crippen molar-refractivity contribution in [3.05, 3.63) is 59.9 Å². The Morgan fingerprint density at radius 3 is 2.53 bits per heavy atom. The van der Waals surface area contributed by atoms with Gasteiger partial charge in [0.1, 0.15) is 24.3 Å². The number of aryl methyl sites for hydroxylation is 1. The van der Waals surface area contributed by atoms with E-state index in [0.29, 0.717) is 19.5 Å². The third-order valence-electron chi connectivity index (χ3n) is 6.15. The molecule has 1 aliphatic rings. The highest BCUT2D eigenvalue weighted by Crippen LogP contribution is 2.34. The molecular weight excluding hydrogens is 402 g/mol. The van der Waals surface area contributed by atoms with Gasteiger partial charge in [-0.3, -0.25) is 4.79 Å². The minimum Gasteiger partial charge on any atom is -0.491 e. The van der Waals surface area contributed by atoms with E-state index >= 15 is 0 Å². The van der Waals surface area contributed by atoms with Gasteiger partial charge < -0.3 is 19.3 Å². The Kier molecular flexibility index (Phi) is 6.24. The molecule has 1 fully saturated rings. The highest BCUT2D eigenvalue weighted by atomic mass is 16.5. The molecule has 0 unspecified atom stereocenters. The number of aliphatic hydroxyl groups excluding tert-OH is 1. The van der Waals surface area contributed by atoms with Crippen LogP contribution in [0.2, 0.25) is 0 Å². The highest BCUT2D eigenvalue weighted by molar-refractivity contribution is 5.81. The van der Waals surface area contributed by atoms with Crippen molar-refractivity contribution in [2.24, 2.45) is 0 Å². The molecule has 0 bridgehead atoms. The SMILES string of the molecule is CCc1ccc(OC[C@H](O)Cn2c([C@@H]3CC(=O)N(C(C)(C)C)C3)nc3ccccc32)cc1. The number of rotatable bonds is 7. The fraction of sp³-hybridized carbons (Fsp3) is 0.462. The second-order valence-electron chi connectivity index (χ2n) is 9.61. The monoisotopic (exact) mass is 435 g/mol. The molecule has 6 heteroatoms. The molecule has 1 amide bonds. The molecule has 4 rings (SSSR count). The van der Waals surface area contributed by atoms with Crippen molar-refractivity contribution >= 4 is 16.9 Å². The minimum atomic E-state index is -0.701. The first-order chi connectivity index (χ1) is 15.3. The third kappa shape index (κ3) is 4.65. The van der Waals surface area contributed by atoms with Gasteiger partial charge in [-0.05, 0) is 57.0 Å². The molecule has 1 aromatic heterocycles. The standard InChI is InChI=1S/C26H33N3O3/c1-5-18-10-12-21(13-11-18)32-17-20(30)16-28-23-9-7-6-8-22(23)27-25(28)19-14-24(31)29(15-19)26(2,3)4/h6-13,19-20,30H,5,14-17H2,1-4H3/t19-,20-/m1/s1. The number of carbonyl (C=O) groups excluding carboxylic acids is 1. The number of likely N-dealkylation sites (tertiary alicyclic amines) is 1. The van der Waals surface area contributed by atoms with Crippen LogP contribution >= 0.6 is 0 Å². The highest BCUT2D eigenvalue weighted by Gasteiger charge is 2.39. The molecule has 1 aliphatic heterocycles. The fourth-order valence-corrected chi connectivity index (χ4v) is 4.40. The van der Waals surface area contributed by atoms with Crippen molar-refractivity contribution in [2.75, 3.05) is 13.2 Å². The van der Waals surface area contributed by atoms with E-state index < -0.39 is 6.10 Å². The van der Waals surface area contributed by atoms with E-state index in [1.807, 2.05) is 53.4 Å². The number of aromatic nitrogens is 2. The van der Waals surface area contributed by atoms with E-state index in [0.717, 1.165) is 29.0 Å². The number of ether oxygens (including phenoxy) is 1. The molecule has 2 atom stereocenters. The summed E-state index contributed by atoms with van der Waals surface area (Å²) in [6, 6.07) is 15.9. The molecule has 0 radical (unpaired) electrons. The van der Waals surface area contributed by atoms with Gasteiger partial charge in [0.25, 0.3) is 0 Å². The van der Waals surface area contributed by atoms with Crippen LogP contribution in [-0.2, 0) is 17.8 Å². The molecule has 2 aromatic carbocycles. The van der Waals surface area contributed by atoms with Gasteiger partial charge in [-0.15, -0.1) is 0 Å². The van der Waals surface area contributed by atoms with Crippen LogP contribution in [0.15, 0.2) is 48.5 Å². The average Bonchev–Trinajstić information content (AvgIpc) is 3.33. The maximum absolute atomic E-state index is 12.7. The summed E-state index contributed by atoms with van der Waals surface area (Å²) in [7, 11) is 0. The Morgan fingerprint density at radius 1 is 1.16 bits per heavy atom. The zero-order chi connectivity index (χ0) is 22.9. The Morgan fingerprint density at radius 2 is 1.88 bits per heavy atom. The summed E-state index contributed by atoms with van der Waals surface area (Å²) in [6.45, 7) is 9.49. The Hall–Kier alpha value is -2.86. The van der Waals surface area contributed by atoms with Crippen LogP contribution in [0.3, 0.4) is 0 Å². The van der Waals surface area contributed by atoms with Gasteiger partial charge in [0, 0.05) is 24.4 Å². The van der Waals surface area contributed by atoms with Crippen molar-refractivity contribution in [3.8, 4) is 5.75 Å². The lowest BCUT2D eigenvalue weighted by Crippen LogP contribution is -2.42. The molecule has 32 heavy (non-hydrogen) atoms. The minimum absolute atomic E-state index is 0.00355. The first-order valence-electron chi connectivity index (χ1n) is 11.4. The van der Waals surface area contributed by atoms with E-state index in [4.69, 9.17) is 9.72 Å². The second kappa shape index (κ2) is 8.94. The molecular formula is C26H33N3O3. The van der Waals surface area contributed by atoms with Crippen LogP contribution in [0.1, 0.15) is 51.4 Å². The lowest BCUT2D eigenvalue weighted by molar-refractivity contribution is -0.131. The van der Waals surface area contributed by atoms with E-state index in [9.17, 15) is 9.90 Å². The van der Waals surface area contributed by atoms with Gasteiger partial charge >= 0.3 is 0 Å². The number of amides is 1. The van der Waals surface area contributed by atoms with Gasteiger partial charge in [-0.25, -0.2) is 4.98 Å². The van der Waals surface area contributed by atoms with Crippen LogP contribution in [0, 0.1) is 0 Å². The first kappa shape index (κ1) is 22.3. The van der Waals surface area contributed by atoms with Crippen molar-refractivity contribution < 1.29 is 14.6 Å². The number of hydrogen-bond donors (Lipinski definition) is 1. The van der Waals surface area contributed by atoms with Crippen LogP contribution in [-0.4, -0.2) is 50.3 Å². The molecule has 1 N–H and O–H groups in total. The normalized spacial score (nSPS) is 17.8. The zero-order valence-corrected chi connectivity index (χ0v) is 19.4. The van der Waals surface area contributed by atoms with Gasteiger partial charge in [-0.2, -0.15) is 0 Å². The number of imidazole rings is 1. The quantitative estimate of drug-likeness (QED) is 0.605. The Balaban J connectivity index is 1.53.